The molecule has 4 aliphatic carbocycles. The van der Waals surface area contributed by atoms with Crippen molar-refractivity contribution in [2.45, 2.75) is 110 Å². The predicted molar refractivity (Wildman–Crippen MR) is 144 cm³/mol. The zero-order valence-electron chi connectivity index (χ0n) is 23.6. The minimum Gasteiger partial charge on any atom is -0.393 e. The molecule has 0 aromatic carbocycles. The van der Waals surface area contributed by atoms with Gasteiger partial charge in [-0.25, -0.2) is 8.37 Å². The maximum atomic E-state index is 11.5. The summed E-state index contributed by atoms with van der Waals surface area (Å²) in [5, 5.41) is 22.6. The highest BCUT2D eigenvalue weighted by Gasteiger charge is 2.64. The van der Waals surface area contributed by atoms with Gasteiger partial charge in [0.25, 0.3) is 0 Å². The Labute approximate surface area is 234 Å². The molecule has 9 unspecified atom stereocenters. The lowest BCUT2D eigenvalue weighted by atomic mass is 9.43. The molecule has 0 aromatic rings. The molecule has 4 rings (SSSR count). The van der Waals surface area contributed by atoms with Gasteiger partial charge in [-0.15, -0.1) is 0 Å². The third-order valence-electron chi connectivity index (χ3n) is 11.6. The molecule has 0 saturated heterocycles. The van der Waals surface area contributed by atoms with Gasteiger partial charge >= 0.3 is 20.8 Å². The molecule has 0 spiro atoms. The summed E-state index contributed by atoms with van der Waals surface area (Å²) in [5.41, 5.74) is -0.109. The molecule has 4 saturated carbocycles. The molecule has 0 aromatic heterocycles. The molecular formula is C27H48O10S2. The highest BCUT2D eigenvalue weighted by molar-refractivity contribution is 7.81. The predicted octanol–water partition coefficient (Wildman–Crippen LogP) is 4.04. The van der Waals surface area contributed by atoms with Crippen LogP contribution in [0.25, 0.3) is 0 Å². The standard InChI is InChI=1S/C27H48O10S2/c1-16(15-36-38(30,31)32)6-5-7-17(2)18-8-9-19-24-20(10-12-26(18,19)3)27(4)13-11-23(37-39(33,34)35)25(29)21(27)14-22(24)28/h16-25,28-29H,5-15H2,1-4H3,(H,30,31,32)(H,33,34,35)/t16-,17?,18?,19?,20?,21?,22?,23?,24?,25?,26+,27+/m0/s1. The fourth-order valence-electron chi connectivity index (χ4n) is 9.76. The van der Waals surface area contributed by atoms with Crippen molar-refractivity contribution in [1.29, 1.82) is 0 Å². The van der Waals surface area contributed by atoms with Gasteiger partial charge in [0.15, 0.2) is 0 Å². The molecule has 39 heavy (non-hydrogen) atoms. The molecular weight excluding hydrogens is 548 g/mol. The monoisotopic (exact) mass is 596 g/mol. The lowest BCUT2D eigenvalue weighted by Crippen LogP contribution is -2.62. The summed E-state index contributed by atoms with van der Waals surface area (Å²) in [7, 11) is -9.08. The van der Waals surface area contributed by atoms with E-state index in [9.17, 15) is 31.6 Å². The summed E-state index contributed by atoms with van der Waals surface area (Å²) < 4.78 is 71.6. The maximum Gasteiger partial charge on any atom is 0.397 e. The smallest absolute Gasteiger partial charge is 0.393 e. The van der Waals surface area contributed by atoms with Crippen LogP contribution in [0.15, 0.2) is 0 Å². The molecule has 10 nitrogen and oxygen atoms in total. The van der Waals surface area contributed by atoms with Crippen molar-refractivity contribution in [2.75, 3.05) is 6.61 Å². The summed E-state index contributed by atoms with van der Waals surface area (Å²) in [6.07, 6.45) is 5.82. The summed E-state index contributed by atoms with van der Waals surface area (Å²) in [4.78, 5) is 0. The third kappa shape index (κ3) is 6.53. The van der Waals surface area contributed by atoms with E-state index in [1.165, 1.54) is 0 Å². The molecule has 4 aliphatic rings. The van der Waals surface area contributed by atoms with E-state index in [1.807, 2.05) is 6.92 Å². The molecule has 4 N–H and O–H groups in total. The number of aliphatic hydroxyl groups is 2. The van der Waals surface area contributed by atoms with Crippen molar-refractivity contribution >= 4 is 20.8 Å². The van der Waals surface area contributed by atoms with E-state index < -0.39 is 39.1 Å². The Kier molecular flexibility index (Phi) is 9.23. The minimum absolute atomic E-state index is 0.0193. The zero-order chi connectivity index (χ0) is 29.0. The Morgan fingerprint density at radius 3 is 2.13 bits per heavy atom. The molecule has 0 amide bonds. The normalized spacial score (nSPS) is 44.2. The van der Waals surface area contributed by atoms with Gasteiger partial charge in [-0.05, 0) is 104 Å². The van der Waals surface area contributed by atoms with Crippen LogP contribution in [0.2, 0.25) is 0 Å². The highest BCUT2D eigenvalue weighted by Crippen LogP contribution is 2.68. The van der Waals surface area contributed by atoms with Gasteiger partial charge in [-0.2, -0.15) is 16.8 Å². The van der Waals surface area contributed by atoms with E-state index in [0.717, 1.165) is 44.9 Å². The molecule has 0 bridgehead atoms. The second kappa shape index (κ2) is 11.4. The number of hydrogen-bond acceptors (Lipinski definition) is 8. The third-order valence-corrected chi connectivity index (χ3v) is 12.5. The van der Waals surface area contributed by atoms with Crippen LogP contribution in [-0.4, -0.2) is 61.1 Å². The van der Waals surface area contributed by atoms with Crippen LogP contribution in [0.4, 0.5) is 0 Å². The number of fused-ring (bicyclic) bond motifs is 5. The fourth-order valence-corrected chi connectivity index (χ4v) is 10.7. The van der Waals surface area contributed by atoms with Crippen LogP contribution in [0.5, 0.6) is 0 Å². The molecule has 228 valence electrons. The lowest BCUT2D eigenvalue weighted by Gasteiger charge is -2.63. The summed E-state index contributed by atoms with van der Waals surface area (Å²) in [6.45, 7) is 8.80. The van der Waals surface area contributed by atoms with Crippen molar-refractivity contribution in [3.63, 3.8) is 0 Å². The average molecular weight is 597 g/mol. The lowest BCUT2D eigenvalue weighted by molar-refractivity contribution is -0.204. The van der Waals surface area contributed by atoms with Crippen LogP contribution in [0, 0.1) is 52.3 Å². The van der Waals surface area contributed by atoms with Gasteiger partial charge in [-0.3, -0.25) is 9.11 Å². The Morgan fingerprint density at radius 1 is 0.846 bits per heavy atom. The Morgan fingerprint density at radius 2 is 1.49 bits per heavy atom. The quantitative estimate of drug-likeness (QED) is 0.270. The molecule has 4 fully saturated rings. The molecule has 0 radical (unpaired) electrons. The first-order valence-electron chi connectivity index (χ1n) is 14.6. The van der Waals surface area contributed by atoms with Crippen LogP contribution < -0.4 is 0 Å². The maximum absolute atomic E-state index is 11.5. The second-order valence-corrected chi connectivity index (χ2v) is 15.9. The van der Waals surface area contributed by atoms with Gasteiger partial charge in [0.05, 0.1) is 18.8 Å². The Balaban J connectivity index is 1.41. The second-order valence-electron chi connectivity index (χ2n) is 13.8. The van der Waals surface area contributed by atoms with Crippen LogP contribution in [0.1, 0.15) is 91.9 Å². The van der Waals surface area contributed by atoms with E-state index in [-0.39, 0.29) is 41.1 Å². The summed E-state index contributed by atoms with van der Waals surface area (Å²) in [6, 6.07) is 0. The fraction of sp³-hybridized carbons (Fsp3) is 1.00. The first-order valence-corrected chi connectivity index (χ1v) is 17.3. The first-order chi connectivity index (χ1) is 18.0. The van der Waals surface area contributed by atoms with Crippen LogP contribution in [-0.2, 0) is 29.2 Å². The first kappa shape index (κ1) is 31.6. The van der Waals surface area contributed by atoms with Gasteiger partial charge in [0.2, 0.25) is 0 Å². The molecule has 0 aliphatic heterocycles. The van der Waals surface area contributed by atoms with E-state index in [2.05, 4.69) is 25.0 Å². The van der Waals surface area contributed by atoms with E-state index in [4.69, 9.17) is 8.74 Å². The van der Waals surface area contributed by atoms with Crippen LogP contribution >= 0.6 is 0 Å². The minimum atomic E-state index is -4.67. The Bertz CT molecular complexity index is 1080. The van der Waals surface area contributed by atoms with E-state index >= 15 is 0 Å². The molecule has 12 atom stereocenters. The van der Waals surface area contributed by atoms with Crippen molar-refractivity contribution < 1.29 is 44.5 Å². The zero-order valence-corrected chi connectivity index (χ0v) is 25.2. The van der Waals surface area contributed by atoms with Crippen molar-refractivity contribution in [2.24, 2.45) is 52.3 Å². The van der Waals surface area contributed by atoms with E-state index in [1.54, 1.807) is 0 Å². The Hall–Kier alpha value is -0.340. The number of hydrogen-bond donors (Lipinski definition) is 4. The average Bonchev–Trinajstić information content (AvgIpc) is 3.17. The van der Waals surface area contributed by atoms with Crippen molar-refractivity contribution in [1.82, 2.24) is 0 Å². The van der Waals surface area contributed by atoms with Gasteiger partial charge < -0.3 is 10.2 Å². The highest BCUT2D eigenvalue weighted by atomic mass is 32.3. The molecule has 12 heteroatoms. The molecule has 0 heterocycles. The number of rotatable bonds is 10. The topological polar surface area (TPSA) is 168 Å². The number of aliphatic hydroxyl groups excluding tert-OH is 2. The largest absolute Gasteiger partial charge is 0.397 e. The van der Waals surface area contributed by atoms with Gasteiger partial charge in [0.1, 0.15) is 6.10 Å². The van der Waals surface area contributed by atoms with Crippen LogP contribution in [0.3, 0.4) is 0 Å². The summed E-state index contributed by atoms with van der Waals surface area (Å²) >= 11 is 0. The van der Waals surface area contributed by atoms with Gasteiger partial charge in [-0.1, -0.05) is 40.5 Å². The van der Waals surface area contributed by atoms with Gasteiger partial charge in [0, 0.05) is 0 Å². The summed E-state index contributed by atoms with van der Waals surface area (Å²) in [5.74, 6) is 1.54. The van der Waals surface area contributed by atoms with Crippen molar-refractivity contribution in [3.05, 3.63) is 0 Å². The van der Waals surface area contributed by atoms with Crippen molar-refractivity contribution in [3.8, 4) is 0 Å². The SMILES string of the molecule is CC(CCC[C@H](C)COS(=O)(=O)O)C1CCC2C3C(O)CC4C(O)C(OS(=O)(=O)O)CC[C@]4(C)C3CC[C@]12C. The van der Waals surface area contributed by atoms with E-state index in [0.29, 0.717) is 37.0 Å².